The number of nitrogens with zero attached hydrogens (tertiary/aromatic N) is 6. The summed E-state index contributed by atoms with van der Waals surface area (Å²) in [7, 11) is 0. The van der Waals surface area contributed by atoms with Gasteiger partial charge in [0.05, 0.1) is 16.6 Å². The molecule has 0 spiro atoms. The molecule has 266 valence electrons. The Morgan fingerprint density at radius 3 is 1.79 bits per heavy atom. The minimum Gasteiger partial charge on any atom is -0.456 e. The number of para-hydroxylation sites is 3. The van der Waals surface area contributed by atoms with Crippen molar-refractivity contribution in [2.24, 2.45) is 0 Å². The van der Waals surface area contributed by atoms with Gasteiger partial charge in [-0.3, -0.25) is 4.57 Å². The summed E-state index contributed by atoms with van der Waals surface area (Å²) in [4.78, 5) is 20.2. The van der Waals surface area contributed by atoms with Gasteiger partial charge < -0.3 is 8.98 Å². The summed E-state index contributed by atoms with van der Waals surface area (Å²) in [6.07, 6.45) is 1.87. The van der Waals surface area contributed by atoms with Crippen molar-refractivity contribution in [1.82, 2.24) is 29.1 Å². The predicted molar refractivity (Wildman–Crippen MR) is 230 cm³/mol. The topological polar surface area (TPSA) is 74.6 Å². The highest BCUT2D eigenvalue weighted by molar-refractivity contribution is 6.12. The largest absolute Gasteiger partial charge is 0.456 e. The van der Waals surface area contributed by atoms with Gasteiger partial charge in [0.15, 0.2) is 17.5 Å². The Kier molecular flexibility index (Phi) is 6.79. The van der Waals surface area contributed by atoms with Crippen molar-refractivity contribution in [3.63, 3.8) is 0 Å². The number of benzene rings is 7. The van der Waals surface area contributed by atoms with Gasteiger partial charge in [-0.15, -0.1) is 0 Å². The van der Waals surface area contributed by atoms with E-state index < -0.39 is 0 Å². The lowest BCUT2D eigenvalue weighted by molar-refractivity contribution is 0.669. The van der Waals surface area contributed by atoms with Crippen LogP contribution < -0.4 is 0 Å². The average molecular weight is 731 g/mol. The zero-order valence-corrected chi connectivity index (χ0v) is 30.4. The van der Waals surface area contributed by atoms with Crippen molar-refractivity contribution >= 4 is 65.7 Å². The van der Waals surface area contributed by atoms with Crippen LogP contribution in [-0.2, 0) is 0 Å². The maximum Gasteiger partial charge on any atom is 0.164 e. The molecule has 7 nitrogen and oxygen atoms in total. The van der Waals surface area contributed by atoms with Crippen LogP contribution in [-0.4, -0.2) is 29.1 Å². The lowest BCUT2D eigenvalue weighted by atomic mass is 10.1. The van der Waals surface area contributed by atoms with Crippen molar-refractivity contribution in [2.45, 2.75) is 0 Å². The number of furan rings is 1. The lowest BCUT2D eigenvalue weighted by Crippen LogP contribution is -2.00. The van der Waals surface area contributed by atoms with E-state index in [1.54, 1.807) is 0 Å². The second kappa shape index (κ2) is 12.3. The molecular weight excluding hydrogens is 701 g/mol. The van der Waals surface area contributed by atoms with Crippen LogP contribution in [0.15, 0.2) is 187 Å². The Labute approximate surface area is 325 Å². The first kappa shape index (κ1) is 31.5. The summed E-state index contributed by atoms with van der Waals surface area (Å²) in [6.45, 7) is 0. The zero-order chi connectivity index (χ0) is 37.5. The molecule has 7 aromatic carbocycles. The number of hydrogen-bond acceptors (Lipinski definition) is 5. The predicted octanol–water partition coefficient (Wildman–Crippen LogP) is 12.4. The number of aromatic nitrogens is 6. The summed E-state index contributed by atoms with van der Waals surface area (Å²) >= 11 is 0. The molecule has 5 heterocycles. The number of fused-ring (bicyclic) bond motifs is 9. The second-order valence-electron chi connectivity index (χ2n) is 14.3. The quantitative estimate of drug-likeness (QED) is 0.176. The molecule has 0 unspecified atom stereocenters. The van der Waals surface area contributed by atoms with Gasteiger partial charge in [-0.05, 0) is 84.9 Å². The first-order valence-corrected chi connectivity index (χ1v) is 19.0. The molecule has 0 atom stereocenters. The zero-order valence-electron chi connectivity index (χ0n) is 30.4. The fourth-order valence-electron chi connectivity index (χ4n) is 8.42. The highest BCUT2D eigenvalue weighted by atomic mass is 16.3. The van der Waals surface area contributed by atoms with Crippen molar-refractivity contribution in [3.05, 3.63) is 182 Å². The Hall–Kier alpha value is -7.90. The van der Waals surface area contributed by atoms with Gasteiger partial charge in [0.2, 0.25) is 0 Å². The number of pyridine rings is 1. The van der Waals surface area contributed by atoms with Gasteiger partial charge in [-0.1, -0.05) is 91.0 Å². The van der Waals surface area contributed by atoms with Crippen LogP contribution in [0, 0.1) is 0 Å². The fourth-order valence-corrected chi connectivity index (χ4v) is 8.42. The third kappa shape index (κ3) is 4.92. The van der Waals surface area contributed by atoms with E-state index in [1.165, 1.54) is 5.39 Å². The molecule has 0 saturated heterocycles. The lowest BCUT2D eigenvalue weighted by Gasteiger charge is -2.11. The molecular formula is C50H30N6O. The van der Waals surface area contributed by atoms with E-state index in [9.17, 15) is 0 Å². The van der Waals surface area contributed by atoms with E-state index in [0.717, 1.165) is 88.4 Å². The summed E-state index contributed by atoms with van der Waals surface area (Å²) in [5.74, 6) is 1.82. The molecule has 57 heavy (non-hydrogen) atoms. The molecule has 5 aromatic heterocycles. The van der Waals surface area contributed by atoms with Gasteiger partial charge in [0.1, 0.15) is 16.8 Å². The van der Waals surface area contributed by atoms with Crippen molar-refractivity contribution in [2.75, 3.05) is 0 Å². The second-order valence-corrected chi connectivity index (χ2v) is 14.3. The molecule has 0 amide bonds. The minimum atomic E-state index is 0.599. The van der Waals surface area contributed by atoms with E-state index >= 15 is 0 Å². The highest BCUT2D eigenvalue weighted by Crippen LogP contribution is 2.38. The smallest absolute Gasteiger partial charge is 0.164 e. The molecule has 0 radical (unpaired) electrons. The van der Waals surface area contributed by atoms with E-state index in [2.05, 4.69) is 118 Å². The van der Waals surface area contributed by atoms with Crippen LogP contribution in [0.2, 0.25) is 0 Å². The van der Waals surface area contributed by atoms with E-state index in [1.807, 2.05) is 72.9 Å². The van der Waals surface area contributed by atoms with Crippen LogP contribution in [0.4, 0.5) is 0 Å². The molecule has 12 aromatic rings. The maximum atomic E-state index is 6.15. The number of hydrogen-bond donors (Lipinski definition) is 0. The SMILES string of the molecule is c1ccc(-c2nc(-c3ccc4oc5ccccc5c4c3)nc(-c3ccc4c(c3)c3ccc(-n5c6ccccc6c6cccnc65)cc3n4-c3ccccc3)n2)cc1. The molecule has 7 heteroatoms. The standard InChI is InChI=1S/C50H30N6O/c1-3-12-31(13-4-1)47-52-48(54-49(53-47)33-22-26-46-41(29-33)38-17-8-10-20-45(38)57-46)32-21-25-43-40(28-32)37-24-23-35(30-44(37)55(43)34-14-5-2-6-15-34)56-42-19-9-7-16-36(42)39-18-11-27-51-50(39)56/h1-30H. The summed E-state index contributed by atoms with van der Waals surface area (Å²) in [6, 6.07) is 60.8. The average Bonchev–Trinajstić information content (AvgIpc) is 3.93. The van der Waals surface area contributed by atoms with Crippen LogP contribution in [0.25, 0.3) is 111 Å². The molecule has 0 N–H and O–H groups in total. The number of rotatable bonds is 5. The fraction of sp³-hybridized carbons (Fsp3) is 0. The van der Waals surface area contributed by atoms with Crippen LogP contribution >= 0.6 is 0 Å². The monoisotopic (exact) mass is 730 g/mol. The minimum absolute atomic E-state index is 0.599. The highest BCUT2D eigenvalue weighted by Gasteiger charge is 2.20. The van der Waals surface area contributed by atoms with Gasteiger partial charge in [-0.25, -0.2) is 19.9 Å². The first-order valence-electron chi connectivity index (χ1n) is 19.0. The van der Waals surface area contributed by atoms with E-state index in [-0.39, 0.29) is 0 Å². The van der Waals surface area contributed by atoms with Gasteiger partial charge in [0.25, 0.3) is 0 Å². The molecule has 0 aliphatic rings. The van der Waals surface area contributed by atoms with Crippen molar-refractivity contribution in [1.29, 1.82) is 0 Å². The van der Waals surface area contributed by atoms with Crippen LogP contribution in [0.5, 0.6) is 0 Å². The Morgan fingerprint density at radius 1 is 0.351 bits per heavy atom. The van der Waals surface area contributed by atoms with Crippen LogP contribution in [0.1, 0.15) is 0 Å². The van der Waals surface area contributed by atoms with Crippen molar-refractivity contribution < 1.29 is 4.42 Å². The Balaban J connectivity index is 1.07. The molecule has 0 aliphatic carbocycles. The molecule has 12 rings (SSSR count). The summed E-state index contributed by atoms with van der Waals surface area (Å²) < 4.78 is 10.8. The maximum absolute atomic E-state index is 6.15. The molecule has 0 aliphatic heterocycles. The van der Waals surface area contributed by atoms with E-state index in [4.69, 9.17) is 24.4 Å². The Morgan fingerprint density at radius 2 is 0.965 bits per heavy atom. The summed E-state index contributed by atoms with van der Waals surface area (Å²) in [5.41, 5.74) is 10.8. The molecule has 0 bridgehead atoms. The normalized spacial score (nSPS) is 11.9. The molecule has 0 fully saturated rings. The summed E-state index contributed by atoms with van der Waals surface area (Å²) in [5, 5.41) is 6.63. The third-order valence-corrected chi connectivity index (χ3v) is 11.0. The third-order valence-electron chi connectivity index (χ3n) is 11.0. The first-order chi connectivity index (χ1) is 28.2. The molecule has 0 saturated carbocycles. The van der Waals surface area contributed by atoms with E-state index in [0.29, 0.717) is 17.5 Å². The Bertz CT molecular complexity index is 3470. The van der Waals surface area contributed by atoms with Crippen LogP contribution in [0.3, 0.4) is 0 Å². The van der Waals surface area contributed by atoms with Gasteiger partial charge in [-0.2, -0.15) is 0 Å². The van der Waals surface area contributed by atoms with Gasteiger partial charge in [0, 0.05) is 66.6 Å². The van der Waals surface area contributed by atoms with Gasteiger partial charge >= 0.3 is 0 Å². The van der Waals surface area contributed by atoms with Crippen molar-refractivity contribution in [3.8, 4) is 45.5 Å².